The first-order valence-electron chi connectivity index (χ1n) is 9.72. The van der Waals surface area contributed by atoms with Gasteiger partial charge in [0.15, 0.2) is 15.7 Å². The summed E-state index contributed by atoms with van der Waals surface area (Å²) in [6.45, 7) is 0. The Labute approximate surface area is 196 Å². The van der Waals surface area contributed by atoms with Crippen molar-refractivity contribution in [2.45, 2.75) is 17.2 Å². The summed E-state index contributed by atoms with van der Waals surface area (Å²) in [5, 5.41) is 0. The molecule has 5 nitrogen and oxygen atoms in total. The number of hydrogen-bond acceptors (Lipinski definition) is 5. The third kappa shape index (κ3) is 6.47. The van der Waals surface area contributed by atoms with Gasteiger partial charge in [0, 0.05) is 18.0 Å². The van der Waals surface area contributed by atoms with E-state index >= 15 is 0 Å². The second-order valence-electron chi connectivity index (χ2n) is 7.34. The summed E-state index contributed by atoms with van der Waals surface area (Å²) in [4.78, 5) is 7.38. The number of aromatic nitrogens is 1. The summed E-state index contributed by atoms with van der Waals surface area (Å²) in [5.41, 5.74) is 2.85. The largest absolute Gasteiger partial charge is 0.430 e. The molecule has 3 rings (SSSR count). The minimum Gasteiger partial charge on any atom is -0.395 e. The molecule has 0 saturated heterocycles. The topological polar surface area (TPSA) is 85.4 Å². The number of sulfone groups is 1. The van der Waals surface area contributed by atoms with Crippen molar-refractivity contribution in [1.29, 1.82) is 0 Å². The minimum atomic E-state index is -4.94. The third-order valence-corrected chi connectivity index (χ3v) is 5.82. The van der Waals surface area contributed by atoms with Crippen molar-refractivity contribution in [3.05, 3.63) is 89.8 Å². The smallest absolute Gasteiger partial charge is 0.395 e. The molecule has 0 aliphatic carbocycles. The molecular formula is C23H17F6N3O2S. The number of aliphatic imine (C=N–C) groups is 1. The average Bonchev–Trinajstić information content (AvgIpc) is 2.77. The molecule has 12 heteroatoms. The molecule has 2 aromatic carbocycles. The molecule has 0 radical (unpaired) electrons. The first kappa shape index (κ1) is 25.9. The lowest BCUT2D eigenvalue weighted by Gasteiger charge is -2.12. The van der Waals surface area contributed by atoms with Gasteiger partial charge in [-0.25, -0.2) is 18.4 Å². The molecule has 184 valence electrons. The standard InChI is InChI=1S/C23H17F6N3O2S/c1-35(33,34)17-5-2-4-16(12-17)14-7-9-15(10-8-14)19(13-20(30)23(27,28)29)32-21-18(22(24,25)26)6-3-11-31-21/h2-13H,30H2,1H3. The van der Waals surface area contributed by atoms with Crippen molar-refractivity contribution in [2.24, 2.45) is 10.7 Å². The van der Waals surface area contributed by atoms with E-state index in [0.29, 0.717) is 23.3 Å². The monoisotopic (exact) mass is 513 g/mol. The summed E-state index contributed by atoms with van der Waals surface area (Å²) >= 11 is 0. The van der Waals surface area contributed by atoms with Crippen molar-refractivity contribution < 1.29 is 34.8 Å². The zero-order chi connectivity index (χ0) is 26.0. The third-order valence-electron chi connectivity index (χ3n) is 4.71. The molecule has 0 aliphatic heterocycles. The van der Waals surface area contributed by atoms with Crippen molar-refractivity contribution in [3.8, 4) is 11.1 Å². The molecule has 0 spiro atoms. The fraction of sp³-hybridized carbons (Fsp3) is 0.130. The van der Waals surface area contributed by atoms with E-state index in [9.17, 15) is 34.8 Å². The molecular weight excluding hydrogens is 496 g/mol. The Morgan fingerprint density at radius 3 is 2.17 bits per heavy atom. The number of nitrogens with two attached hydrogens (primary N) is 1. The molecule has 2 N–H and O–H groups in total. The van der Waals surface area contributed by atoms with Crippen LogP contribution in [-0.4, -0.2) is 31.5 Å². The van der Waals surface area contributed by atoms with Gasteiger partial charge in [0.05, 0.1) is 10.6 Å². The molecule has 0 fully saturated rings. The predicted molar refractivity (Wildman–Crippen MR) is 119 cm³/mol. The lowest BCUT2D eigenvalue weighted by atomic mass is 10.0. The molecule has 0 unspecified atom stereocenters. The molecule has 0 saturated carbocycles. The summed E-state index contributed by atoms with van der Waals surface area (Å²) < 4.78 is 103. The number of pyridine rings is 1. The number of hydrogen-bond donors (Lipinski definition) is 1. The Morgan fingerprint density at radius 1 is 0.943 bits per heavy atom. The van der Waals surface area contributed by atoms with E-state index in [2.05, 4.69) is 9.98 Å². The second-order valence-corrected chi connectivity index (χ2v) is 9.36. The van der Waals surface area contributed by atoms with Crippen molar-refractivity contribution >= 4 is 21.4 Å². The number of allylic oxidation sites excluding steroid dienone is 2. The van der Waals surface area contributed by atoms with Gasteiger partial charge in [0.25, 0.3) is 0 Å². The van der Waals surface area contributed by atoms with Gasteiger partial charge in [0.2, 0.25) is 0 Å². The molecule has 0 aliphatic rings. The van der Waals surface area contributed by atoms with Gasteiger partial charge in [-0.2, -0.15) is 26.3 Å². The summed E-state index contributed by atoms with van der Waals surface area (Å²) in [5.74, 6) is -0.828. The summed E-state index contributed by atoms with van der Waals surface area (Å²) in [7, 11) is -3.48. The maximum absolute atomic E-state index is 13.3. The van der Waals surface area contributed by atoms with E-state index in [1.807, 2.05) is 0 Å². The Morgan fingerprint density at radius 2 is 1.60 bits per heavy atom. The molecule has 0 bridgehead atoms. The number of alkyl halides is 6. The predicted octanol–water partition coefficient (Wildman–Crippen LogP) is 5.70. The Bertz CT molecular complexity index is 1390. The quantitative estimate of drug-likeness (QED) is 0.351. The lowest BCUT2D eigenvalue weighted by Crippen LogP contribution is -2.21. The molecule has 3 aromatic rings. The molecule has 1 aromatic heterocycles. The molecule has 35 heavy (non-hydrogen) atoms. The first-order valence-corrected chi connectivity index (χ1v) is 11.6. The highest BCUT2D eigenvalue weighted by Gasteiger charge is 2.35. The molecule has 1 heterocycles. The fourth-order valence-electron chi connectivity index (χ4n) is 2.97. The van der Waals surface area contributed by atoms with Gasteiger partial charge in [-0.15, -0.1) is 0 Å². The zero-order valence-electron chi connectivity index (χ0n) is 17.9. The van der Waals surface area contributed by atoms with E-state index < -0.39 is 45.0 Å². The highest BCUT2D eigenvalue weighted by molar-refractivity contribution is 7.90. The average molecular weight is 513 g/mol. The SMILES string of the molecule is CS(=O)(=O)c1cccc(-c2ccc(C(C=C(N)C(F)(F)F)=Nc3ncccc3C(F)(F)F)cc2)c1. The van der Waals surface area contributed by atoms with Crippen LogP contribution in [0.3, 0.4) is 0 Å². The number of halogens is 6. The van der Waals surface area contributed by atoms with E-state index in [-0.39, 0.29) is 10.5 Å². The van der Waals surface area contributed by atoms with Crippen LogP contribution in [0.5, 0.6) is 0 Å². The van der Waals surface area contributed by atoms with Crippen molar-refractivity contribution in [2.75, 3.05) is 6.26 Å². The maximum atomic E-state index is 13.3. The number of rotatable bonds is 5. The van der Waals surface area contributed by atoms with Gasteiger partial charge >= 0.3 is 12.4 Å². The first-order chi connectivity index (χ1) is 16.2. The van der Waals surface area contributed by atoms with Crippen LogP contribution in [0.2, 0.25) is 0 Å². The van der Waals surface area contributed by atoms with Crippen LogP contribution >= 0.6 is 0 Å². The Balaban J connectivity index is 2.12. The van der Waals surface area contributed by atoms with Crippen LogP contribution in [0.15, 0.2) is 88.5 Å². The van der Waals surface area contributed by atoms with Gasteiger partial charge in [0.1, 0.15) is 11.3 Å². The van der Waals surface area contributed by atoms with Crippen LogP contribution < -0.4 is 5.73 Å². The summed E-state index contributed by atoms with van der Waals surface area (Å²) in [6.07, 6.45) is -7.29. The van der Waals surface area contributed by atoms with Gasteiger partial charge in [-0.1, -0.05) is 36.4 Å². The zero-order valence-corrected chi connectivity index (χ0v) is 18.7. The van der Waals surface area contributed by atoms with E-state index in [1.54, 1.807) is 6.07 Å². The second kappa shape index (κ2) is 9.53. The van der Waals surface area contributed by atoms with Crippen LogP contribution in [0.4, 0.5) is 32.2 Å². The van der Waals surface area contributed by atoms with Gasteiger partial charge < -0.3 is 5.73 Å². The van der Waals surface area contributed by atoms with Crippen molar-refractivity contribution in [1.82, 2.24) is 4.98 Å². The van der Waals surface area contributed by atoms with Crippen molar-refractivity contribution in [3.63, 3.8) is 0 Å². The van der Waals surface area contributed by atoms with Crippen LogP contribution in [-0.2, 0) is 16.0 Å². The maximum Gasteiger partial charge on any atom is 0.430 e. The minimum absolute atomic E-state index is 0.0268. The molecule has 0 amide bonds. The van der Waals surface area contributed by atoms with E-state index in [0.717, 1.165) is 18.5 Å². The normalized spacial score (nSPS) is 13.7. The van der Waals surface area contributed by atoms with Crippen LogP contribution in [0.1, 0.15) is 11.1 Å². The Hall–Kier alpha value is -3.67. The van der Waals surface area contributed by atoms with Crippen LogP contribution in [0.25, 0.3) is 11.1 Å². The van der Waals surface area contributed by atoms with Gasteiger partial charge in [-0.05, 0) is 41.5 Å². The number of benzene rings is 2. The molecule has 0 atom stereocenters. The Kier molecular flexibility index (Phi) is 7.06. The van der Waals surface area contributed by atoms with E-state index in [1.165, 1.54) is 42.5 Å². The fourth-order valence-corrected chi connectivity index (χ4v) is 3.64. The van der Waals surface area contributed by atoms with E-state index in [4.69, 9.17) is 5.73 Å². The lowest BCUT2D eigenvalue weighted by molar-refractivity contribution is -0.137. The highest BCUT2D eigenvalue weighted by atomic mass is 32.2. The number of nitrogens with zero attached hydrogens (tertiary/aromatic N) is 2. The summed E-state index contributed by atoms with van der Waals surface area (Å²) in [6, 6.07) is 13.3. The van der Waals surface area contributed by atoms with Gasteiger partial charge in [-0.3, -0.25) is 0 Å². The highest BCUT2D eigenvalue weighted by Crippen LogP contribution is 2.35. The van der Waals surface area contributed by atoms with Crippen LogP contribution in [0, 0.1) is 0 Å².